The number of anilines is 1. The zero-order chi connectivity index (χ0) is 12.0. The first kappa shape index (κ1) is 11.9. The molecule has 0 bridgehead atoms. The smallest absolute Gasteiger partial charge is 0.138 e. The number of rotatable bonds is 2. The molecule has 1 atom stereocenters. The second kappa shape index (κ2) is 4.51. The Labute approximate surface area is 119 Å². The van der Waals surface area contributed by atoms with Crippen molar-refractivity contribution in [3.8, 4) is 0 Å². The van der Waals surface area contributed by atoms with Crippen molar-refractivity contribution >= 4 is 40.0 Å². The lowest BCUT2D eigenvalue weighted by molar-refractivity contribution is 0.140. The molecule has 92 valence electrons. The van der Waals surface area contributed by atoms with Gasteiger partial charge in [0.2, 0.25) is 0 Å². The molecule has 1 aliphatic carbocycles. The van der Waals surface area contributed by atoms with Gasteiger partial charge in [-0.15, -0.1) is 0 Å². The average molecular weight is 366 g/mol. The molecular weight excluding hydrogens is 352 g/mol. The number of hydrogen-bond acceptors (Lipinski definition) is 4. The van der Waals surface area contributed by atoms with Gasteiger partial charge in [0.15, 0.2) is 0 Å². The molecule has 1 aromatic rings. The van der Waals surface area contributed by atoms with Crippen LogP contribution in [0.2, 0.25) is 5.15 Å². The van der Waals surface area contributed by atoms with Crippen molar-refractivity contribution in [1.82, 2.24) is 9.97 Å². The molecule has 2 aliphatic rings. The van der Waals surface area contributed by atoms with Gasteiger partial charge in [-0.2, -0.15) is 0 Å². The van der Waals surface area contributed by atoms with Crippen molar-refractivity contribution in [2.75, 3.05) is 18.1 Å². The third-order valence-corrected chi connectivity index (χ3v) is 4.98. The van der Waals surface area contributed by atoms with Gasteiger partial charge in [0.1, 0.15) is 17.3 Å². The van der Waals surface area contributed by atoms with Gasteiger partial charge in [-0.25, -0.2) is 9.97 Å². The van der Waals surface area contributed by atoms with Crippen molar-refractivity contribution in [2.45, 2.75) is 22.8 Å². The van der Waals surface area contributed by atoms with Crippen LogP contribution in [0.1, 0.15) is 22.3 Å². The van der Waals surface area contributed by atoms with E-state index >= 15 is 0 Å². The van der Waals surface area contributed by atoms with Gasteiger partial charge in [-0.3, -0.25) is 0 Å². The Hall–Kier alpha value is -0.140. The van der Waals surface area contributed by atoms with Gasteiger partial charge >= 0.3 is 0 Å². The van der Waals surface area contributed by atoms with Crippen LogP contribution >= 0.6 is 34.2 Å². The normalized spacial score (nSPS) is 31.2. The largest absolute Gasteiger partial charge is 0.396 e. The number of alkyl halides is 1. The number of aliphatic hydroxyl groups excluding tert-OH is 1. The van der Waals surface area contributed by atoms with Crippen LogP contribution in [0.3, 0.4) is 0 Å². The predicted molar refractivity (Wildman–Crippen MR) is 74.7 cm³/mol. The van der Waals surface area contributed by atoms with E-state index in [2.05, 4.69) is 37.5 Å². The maximum Gasteiger partial charge on any atom is 0.138 e. The van der Waals surface area contributed by atoms with E-state index in [1.807, 2.05) is 0 Å². The Morgan fingerprint density at radius 1 is 1.47 bits per heavy atom. The number of aliphatic hydroxyl groups is 1. The van der Waals surface area contributed by atoms with Crippen molar-refractivity contribution in [3.63, 3.8) is 0 Å². The molecule has 0 saturated heterocycles. The van der Waals surface area contributed by atoms with Crippen LogP contribution in [-0.4, -0.2) is 34.3 Å². The number of halogens is 2. The standard InChI is InChI=1S/C11H13ClIN3O/c12-10-9-8(13)3-16(11(9)15-5-14-10)7-1-6(2-7)4-17/h5-8,17H,1-4H2. The monoisotopic (exact) mass is 365 g/mol. The molecule has 0 amide bonds. The van der Waals surface area contributed by atoms with E-state index in [0.29, 0.717) is 27.6 Å². The fraction of sp³-hybridized carbons (Fsp3) is 0.636. The van der Waals surface area contributed by atoms with Gasteiger partial charge in [-0.05, 0) is 18.8 Å². The summed E-state index contributed by atoms with van der Waals surface area (Å²) in [5.74, 6) is 1.46. The molecule has 0 aromatic carbocycles. The van der Waals surface area contributed by atoms with Crippen molar-refractivity contribution in [3.05, 3.63) is 17.0 Å². The van der Waals surface area contributed by atoms with Crippen LogP contribution in [0.15, 0.2) is 6.33 Å². The summed E-state index contributed by atoms with van der Waals surface area (Å²) < 4.78 is 0.365. The highest BCUT2D eigenvalue weighted by molar-refractivity contribution is 14.1. The highest BCUT2D eigenvalue weighted by Gasteiger charge is 2.40. The molecule has 1 aliphatic heterocycles. The summed E-state index contributed by atoms with van der Waals surface area (Å²) in [5, 5.41) is 9.65. The highest BCUT2D eigenvalue weighted by atomic mass is 127. The Kier molecular flexibility index (Phi) is 3.16. The third kappa shape index (κ3) is 1.92. The van der Waals surface area contributed by atoms with Crippen LogP contribution in [0.5, 0.6) is 0 Å². The van der Waals surface area contributed by atoms with E-state index in [4.69, 9.17) is 16.7 Å². The van der Waals surface area contributed by atoms with Crippen molar-refractivity contribution < 1.29 is 5.11 Å². The first-order valence-electron chi connectivity index (χ1n) is 5.72. The molecule has 1 unspecified atom stereocenters. The van der Waals surface area contributed by atoms with Crippen LogP contribution in [0, 0.1) is 5.92 Å². The van der Waals surface area contributed by atoms with Gasteiger partial charge in [0.05, 0.1) is 3.92 Å². The zero-order valence-corrected chi connectivity index (χ0v) is 12.1. The number of aromatic nitrogens is 2. The first-order valence-corrected chi connectivity index (χ1v) is 7.35. The second-order valence-corrected chi connectivity index (χ2v) is 6.56. The maximum absolute atomic E-state index is 9.07. The molecule has 3 rings (SSSR count). The van der Waals surface area contributed by atoms with E-state index in [0.717, 1.165) is 30.8 Å². The summed E-state index contributed by atoms with van der Waals surface area (Å²) >= 11 is 8.53. The SMILES string of the molecule is OCC1CC(N2CC(I)c3c(Cl)ncnc32)C1. The summed E-state index contributed by atoms with van der Waals surface area (Å²) in [6, 6.07) is 0.511. The topological polar surface area (TPSA) is 49.2 Å². The third-order valence-electron chi connectivity index (χ3n) is 3.67. The van der Waals surface area contributed by atoms with Crippen LogP contribution in [0.4, 0.5) is 5.82 Å². The first-order chi connectivity index (χ1) is 8.20. The Morgan fingerprint density at radius 3 is 2.94 bits per heavy atom. The molecule has 0 radical (unpaired) electrons. The molecule has 0 spiro atoms. The van der Waals surface area contributed by atoms with Gasteiger partial charge in [-0.1, -0.05) is 34.2 Å². The lowest BCUT2D eigenvalue weighted by Gasteiger charge is -2.41. The molecular formula is C11H13ClIN3O. The van der Waals surface area contributed by atoms with Crippen molar-refractivity contribution in [2.24, 2.45) is 5.92 Å². The highest BCUT2D eigenvalue weighted by Crippen LogP contribution is 2.46. The summed E-state index contributed by atoms with van der Waals surface area (Å²) in [6.07, 6.45) is 3.65. The fourth-order valence-electron chi connectivity index (χ4n) is 2.64. The van der Waals surface area contributed by atoms with Gasteiger partial charge in [0, 0.05) is 24.8 Å². The Balaban J connectivity index is 1.85. The van der Waals surface area contributed by atoms with Crippen molar-refractivity contribution in [1.29, 1.82) is 0 Å². The van der Waals surface area contributed by atoms with E-state index in [1.165, 1.54) is 6.33 Å². The lowest BCUT2D eigenvalue weighted by Crippen LogP contribution is -2.45. The minimum Gasteiger partial charge on any atom is -0.396 e. The fourth-order valence-corrected chi connectivity index (χ4v) is 4.08. The number of fused-ring (bicyclic) bond motifs is 1. The second-order valence-electron chi connectivity index (χ2n) is 4.70. The summed E-state index contributed by atoms with van der Waals surface area (Å²) in [6.45, 7) is 1.26. The quantitative estimate of drug-likeness (QED) is 0.496. The van der Waals surface area contributed by atoms with E-state index in [9.17, 15) is 0 Å². The van der Waals surface area contributed by atoms with Gasteiger partial charge < -0.3 is 10.0 Å². The van der Waals surface area contributed by atoms with Crippen LogP contribution in [0.25, 0.3) is 0 Å². The maximum atomic E-state index is 9.07. The minimum absolute atomic E-state index is 0.301. The van der Waals surface area contributed by atoms with Crippen LogP contribution in [-0.2, 0) is 0 Å². The van der Waals surface area contributed by atoms with Crippen LogP contribution < -0.4 is 4.90 Å². The Morgan fingerprint density at radius 2 is 2.24 bits per heavy atom. The lowest BCUT2D eigenvalue weighted by atomic mass is 9.80. The molecule has 1 saturated carbocycles. The summed E-state index contributed by atoms with van der Waals surface area (Å²) in [7, 11) is 0. The number of hydrogen-bond donors (Lipinski definition) is 1. The van der Waals surface area contributed by atoms with E-state index in [1.54, 1.807) is 0 Å². The Bertz CT molecular complexity index is 439. The summed E-state index contributed by atoms with van der Waals surface area (Å²) in [4.78, 5) is 10.7. The molecule has 17 heavy (non-hydrogen) atoms. The molecule has 1 fully saturated rings. The molecule has 4 nitrogen and oxygen atoms in total. The average Bonchev–Trinajstić information content (AvgIpc) is 2.56. The molecule has 1 N–H and O–H groups in total. The molecule has 1 aromatic heterocycles. The van der Waals surface area contributed by atoms with Gasteiger partial charge in [0.25, 0.3) is 0 Å². The molecule has 2 heterocycles. The van der Waals surface area contributed by atoms with E-state index < -0.39 is 0 Å². The summed E-state index contributed by atoms with van der Waals surface area (Å²) in [5.41, 5.74) is 1.07. The van der Waals surface area contributed by atoms with E-state index in [-0.39, 0.29) is 0 Å². The minimum atomic E-state index is 0.301. The zero-order valence-electron chi connectivity index (χ0n) is 9.18. The predicted octanol–water partition coefficient (Wildman–Crippen LogP) is 2.20. The molecule has 6 heteroatoms. The number of nitrogens with zero attached hydrogens (tertiary/aromatic N) is 3.